The van der Waals surface area contributed by atoms with Gasteiger partial charge in [0.25, 0.3) is 6.01 Å². The van der Waals surface area contributed by atoms with Gasteiger partial charge in [-0.1, -0.05) is 0 Å². The van der Waals surface area contributed by atoms with Crippen LogP contribution in [0.2, 0.25) is 0 Å². The number of oxazole rings is 1. The Morgan fingerprint density at radius 1 is 1.28 bits per heavy atom. The van der Waals surface area contributed by atoms with E-state index in [0.717, 1.165) is 65.4 Å². The highest BCUT2D eigenvalue weighted by atomic mass is 16.5. The van der Waals surface area contributed by atoms with Crippen LogP contribution in [0.15, 0.2) is 28.8 Å². The van der Waals surface area contributed by atoms with E-state index >= 15 is 0 Å². The summed E-state index contributed by atoms with van der Waals surface area (Å²) in [6.07, 6.45) is 4.25. The van der Waals surface area contributed by atoms with Crippen LogP contribution in [0.3, 0.4) is 0 Å². The van der Waals surface area contributed by atoms with Gasteiger partial charge in [0.2, 0.25) is 5.91 Å². The quantitative estimate of drug-likeness (QED) is 0.600. The number of benzene rings is 1. The summed E-state index contributed by atoms with van der Waals surface area (Å²) in [6, 6.07) is 6.20. The van der Waals surface area contributed by atoms with Crippen molar-refractivity contribution in [3.05, 3.63) is 41.2 Å². The van der Waals surface area contributed by atoms with Gasteiger partial charge in [-0.05, 0) is 44.7 Å². The highest BCUT2D eigenvalue weighted by Gasteiger charge is 2.25. The molecule has 1 atom stereocenters. The maximum Gasteiger partial charge on any atom is 0.298 e. The fraction of sp³-hybridized carbons (Fsp3) is 0.458. The number of carbonyl (C=O) groups is 1. The second-order valence-electron chi connectivity index (χ2n) is 8.31. The summed E-state index contributed by atoms with van der Waals surface area (Å²) in [4.78, 5) is 23.8. The number of aryl methyl sites for hydroxylation is 1. The Hall–Kier alpha value is -3.29. The largest absolute Gasteiger partial charge is 0.497 e. The summed E-state index contributed by atoms with van der Waals surface area (Å²) in [7, 11) is 3.29. The number of rotatable bonds is 7. The van der Waals surface area contributed by atoms with Crippen LogP contribution in [0.25, 0.3) is 11.1 Å². The van der Waals surface area contributed by atoms with Crippen LogP contribution >= 0.6 is 0 Å². The van der Waals surface area contributed by atoms with Crippen LogP contribution in [-0.2, 0) is 11.3 Å². The zero-order valence-corrected chi connectivity index (χ0v) is 19.1. The van der Waals surface area contributed by atoms with Gasteiger partial charge in [0.05, 0.1) is 26.5 Å². The summed E-state index contributed by atoms with van der Waals surface area (Å²) in [5, 5.41) is 3.02. The molecular formula is C24H30N4O4. The predicted molar refractivity (Wildman–Crippen MR) is 122 cm³/mol. The molecule has 1 aromatic carbocycles. The van der Waals surface area contributed by atoms with Gasteiger partial charge in [0.1, 0.15) is 17.0 Å². The zero-order chi connectivity index (χ0) is 22.7. The molecular weight excluding hydrogens is 408 g/mol. The van der Waals surface area contributed by atoms with Gasteiger partial charge < -0.3 is 24.1 Å². The highest BCUT2D eigenvalue weighted by Crippen LogP contribution is 2.29. The lowest BCUT2D eigenvalue weighted by atomic mass is 9.94. The lowest BCUT2D eigenvalue weighted by Crippen LogP contribution is -2.38. The van der Waals surface area contributed by atoms with Crippen molar-refractivity contribution in [2.24, 2.45) is 5.92 Å². The van der Waals surface area contributed by atoms with E-state index in [1.54, 1.807) is 20.4 Å². The summed E-state index contributed by atoms with van der Waals surface area (Å²) in [5.74, 6) is 1.85. The maximum atomic E-state index is 12.6. The monoisotopic (exact) mass is 438 g/mol. The number of fused-ring (bicyclic) bond motifs is 1. The Bertz CT molecular complexity index is 1110. The molecule has 1 aliphatic rings. The molecule has 1 unspecified atom stereocenters. The van der Waals surface area contributed by atoms with Crippen LogP contribution in [0.4, 0.5) is 6.01 Å². The van der Waals surface area contributed by atoms with Crippen molar-refractivity contribution < 1.29 is 18.7 Å². The van der Waals surface area contributed by atoms with Crippen molar-refractivity contribution in [2.75, 3.05) is 32.2 Å². The number of nitrogens with zero attached hydrogens (tertiary/aromatic N) is 3. The van der Waals surface area contributed by atoms with Crippen molar-refractivity contribution >= 4 is 23.0 Å². The standard InChI is InChI=1S/C24H30N4O4/c1-15-12-25-20(16(2)23(15)31-4)13-26-22(29)10-17-6-5-9-28(14-17)24-27-19-11-18(30-3)7-8-21(19)32-24/h7-8,11-12,17H,5-6,9-10,13-14H2,1-4H3,(H,26,29). The molecule has 0 bridgehead atoms. The average molecular weight is 439 g/mol. The van der Waals surface area contributed by atoms with Crippen molar-refractivity contribution in [2.45, 2.75) is 39.7 Å². The molecule has 170 valence electrons. The minimum Gasteiger partial charge on any atom is -0.497 e. The predicted octanol–water partition coefficient (Wildman–Crippen LogP) is 3.78. The lowest BCUT2D eigenvalue weighted by molar-refractivity contribution is -0.122. The maximum absolute atomic E-state index is 12.6. The van der Waals surface area contributed by atoms with E-state index in [9.17, 15) is 4.79 Å². The molecule has 1 amide bonds. The first kappa shape index (κ1) is 21.9. The number of amides is 1. The first-order valence-corrected chi connectivity index (χ1v) is 10.9. The van der Waals surface area contributed by atoms with Crippen molar-refractivity contribution in [3.8, 4) is 11.5 Å². The first-order valence-electron chi connectivity index (χ1n) is 10.9. The molecule has 32 heavy (non-hydrogen) atoms. The number of aromatic nitrogens is 2. The third-order valence-corrected chi connectivity index (χ3v) is 6.05. The van der Waals surface area contributed by atoms with E-state index < -0.39 is 0 Å². The van der Waals surface area contributed by atoms with Crippen LogP contribution < -0.4 is 19.7 Å². The third-order valence-electron chi connectivity index (χ3n) is 6.05. The fourth-order valence-electron chi connectivity index (χ4n) is 4.33. The number of carbonyl (C=O) groups excluding carboxylic acids is 1. The molecule has 3 heterocycles. The molecule has 3 aromatic rings. The number of hydrogen-bond donors (Lipinski definition) is 1. The Balaban J connectivity index is 1.35. The van der Waals surface area contributed by atoms with Gasteiger partial charge in [-0.2, -0.15) is 4.98 Å². The number of anilines is 1. The Labute approximate surface area is 187 Å². The first-order chi connectivity index (χ1) is 15.5. The molecule has 1 saturated heterocycles. The number of piperidine rings is 1. The molecule has 0 radical (unpaired) electrons. The normalized spacial score (nSPS) is 16.2. The Kier molecular flexibility index (Phi) is 6.48. The molecule has 8 nitrogen and oxygen atoms in total. The fourth-order valence-corrected chi connectivity index (χ4v) is 4.33. The molecule has 0 aliphatic carbocycles. The van der Waals surface area contributed by atoms with Gasteiger partial charge in [-0.15, -0.1) is 0 Å². The van der Waals surface area contributed by atoms with Gasteiger partial charge >= 0.3 is 0 Å². The minimum absolute atomic E-state index is 0.0277. The van der Waals surface area contributed by atoms with Gasteiger partial charge in [-0.3, -0.25) is 9.78 Å². The summed E-state index contributed by atoms with van der Waals surface area (Å²) >= 11 is 0. The average Bonchev–Trinajstić information content (AvgIpc) is 3.22. The Morgan fingerprint density at radius 2 is 2.12 bits per heavy atom. The Morgan fingerprint density at radius 3 is 2.91 bits per heavy atom. The van der Waals surface area contributed by atoms with Gasteiger partial charge in [-0.25, -0.2) is 0 Å². The van der Waals surface area contributed by atoms with Gasteiger partial charge in [0, 0.05) is 42.9 Å². The van der Waals surface area contributed by atoms with Crippen molar-refractivity contribution in [3.63, 3.8) is 0 Å². The molecule has 4 rings (SSSR count). The minimum atomic E-state index is 0.0277. The topological polar surface area (TPSA) is 89.7 Å². The van der Waals surface area contributed by atoms with Crippen LogP contribution in [0, 0.1) is 19.8 Å². The molecule has 1 aliphatic heterocycles. The van der Waals surface area contributed by atoms with Gasteiger partial charge in [0.15, 0.2) is 5.58 Å². The van der Waals surface area contributed by atoms with Crippen LogP contribution in [0.5, 0.6) is 11.5 Å². The van der Waals surface area contributed by atoms with Crippen LogP contribution in [0.1, 0.15) is 36.1 Å². The van der Waals surface area contributed by atoms with E-state index in [-0.39, 0.29) is 11.8 Å². The summed E-state index contributed by atoms with van der Waals surface area (Å²) < 4.78 is 16.7. The van der Waals surface area contributed by atoms with E-state index in [4.69, 9.17) is 13.9 Å². The zero-order valence-electron chi connectivity index (χ0n) is 19.1. The number of nitrogens with one attached hydrogen (secondary N) is 1. The van der Waals surface area contributed by atoms with E-state index in [1.807, 2.05) is 32.0 Å². The number of hydrogen-bond acceptors (Lipinski definition) is 7. The van der Waals surface area contributed by atoms with Crippen molar-refractivity contribution in [1.29, 1.82) is 0 Å². The smallest absolute Gasteiger partial charge is 0.298 e. The SMILES string of the molecule is COc1ccc2oc(N3CCCC(CC(=O)NCc4ncc(C)c(OC)c4C)C3)nc2c1. The second kappa shape index (κ2) is 9.46. The molecule has 8 heteroatoms. The number of methoxy groups -OCH3 is 2. The highest BCUT2D eigenvalue weighted by molar-refractivity contribution is 5.77. The van der Waals surface area contributed by atoms with Crippen LogP contribution in [-0.4, -0.2) is 43.2 Å². The molecule has 1 N–H and O–H groups in total. The molecule has 0 saturated carbocycles. The molecule has 1 fully saturated rings. The second-order valence-corrected chi connectivity index (χ2v) is 8.31. The van der Waals surface area contributed by atoms with E-state index in [2.05, 4.69) is 20.2 Å². The van der Waals surface area contributed by atoms with E-state index in [0.29, 0.717) is 19.0 Å². The summed E-state index contributed by atoms with van der Waals surface area (Å²) in [6.45, 7) is 5.94. The lowest BCUT2D eigenvalue weighted by Gasteiger charge is -2.31. The molecule has 2 aromatic heterocycles. The van der Waals surface area contributed by atoms with E-state index in [1.165, 1.54) is 0 Å². The van der Waals surface area contributed by atoms with Crippen molar-refractivity contribution in [1.82, 2.24) is 15.3 Å². The summed E-state index contributed by atoms with van der Waals surface area (Å²) in [5.41, 5.74) is 4.28. The number of pyridine rings is 1. The third kappa shape index (κ3) is 4.64. The molecule has 0 spiro atoms. The number of ether oxygens (including phenoxy) is 2.